The van der Waals surface area contributed by atoms with Crippen molar-refractivity contribution >= 4 is 0 Å². The van der Waals surface area contributed by atoms with Crippen LogP contribution < -0.4 is 5.11 Å². The van der Waals surface area contributed by atoms with E-state index in [2.05, 4.69) is 34.7 Å². The fraction of sp³-hybridized carbons (Fsp3) is 0.684. The highest BCUT2D eigenvalue weighted by Gasteiger charge is 2.25. The van der Waals surface area contributed by atoms with Gasteiger partial charge in [-0.25, -0.2) is 0 Å². The van der Waals surface area contributed by atoms with E-state index in [1.165, 1.54) is 55.4 Å². The Balaban J connectivity index is 0.000000211. The van der Waals surface area contributed by atoms with Gasteiger partial charge in [-0.05, 0) is 17.4 Å². The topological polar surface area (TPSA) is 23.1 Å². The Morgan fingerprint density at radius 3 is 2.00 bits per heavy atom. The van der Waals surface area contributed by atoms with E-state index in [4.69, 9.17) is 0 Å². The van der Waals surface area contributed by atoms with Crippen LogP contribution in [0.1, 0.15) is 58.9 Å². The molecule has 0 spiro atoms. The average Bonchev–Trinajstić information content (AvgIpc) is 2.84. The molecule has 21 heavy (non-hydrogen) atoms. The summed E-state index contributed by atoms with van der Waals surface area (Å²) in [6.45, 7) is 12.9. The van der Waals surface area contributed by atoms with Crippen LogP contribution in [0.25, 0.3) is 0 Å². The zero-order valence-electron chi connectivity index (χ0n) is 14.6. The van der Waals surface area contributed by atoms with Crippen LogP contribution in [0.3, 0.4) is 0 Å². The molecule has 0 bridgehead atoms. The molecule has 2 nitrogen and oxygen atoms in total. The summed E-state index contributed by atoms with van der Waals surface area (Å²) in [5.41, 5.74) is 1.35. The van der Waals surface area contributed by atoms with E-state index in [1.54, 1.807) is 12.1 Å². The van der Waals surface area contributed by atoms with Gasteiger partial charge in [0.15, 0.2) is 0 Å². The number of hydrogen-bond donors (Lipinski definition) is 0. The molecule has 0 radical (unpaired) electrons. The summed E-state index contributed by atoms with van der Waals surface area (Å²) in [5.74, 6) is 0.0815. The second kappa shape index (κ2) is 7.84. The predicted octanol–water partition coefficient (Wildman–Crippen LogP) is 4.08. The van der Waals surface area contributed by atoms with Gasteiger partial charge in [0.25, 0.3) is 0 Å². The van der Waals surface area contributed by atoms with Crippen LogP contribution in [0.15, 0.2) is 24.3 Å². The third-order valence-electron chi connectivity index (χ3n) is 4.42. The monoisotopic (exact) mass is 291 g/mol. The summed E-state index contributed by atoms with van der Waals surface area (Å²) in [7, 11) is 2.41. The molecule has 1 heterocycles. The summed E-state index contributed by atoms with van der Waals surface area (Å²) in [6.07, 6.45) is 5.69. The van der Waals surface area contributed by atoms with Crippen LogP contribution in [0.5, 0.6) is 5.75 Å². The van der Waals surface area contributed by atoms with Gasteiger partial charge in [0, 0.05) is 12.8 Å². The van der Waals surface area contributed by atoms with Gasteiger partial charge in [-0.3, -0.25) is 0 Å². The van der Waals surface area contributed by atoms with Gasteiger partial charge in [0.1, 0.15) is 0 Å². The molecule has 120 valence electrons. The molecule has 0 saturated carbocycles. The van der Waals surface area contributed by atoms with Crippen molar-refractivity contribution in [2.24, 2.45) is 0 Å². The predicted molar refractivity (Wildman–Crippen MR) is 89.5 cm³/mol. The highest BCUT2D eigenvalue weighted by molar-refractivity contribution is 5.29. The van der Waals surface area contributed by atoms with E-state index in [-0.39, 0.29) is 11.2 Å². The number of rotatable bonds is 3. The first-order chi connectivity index (χ1) is 9.77. The van der Waals surface area contributed by atoms with Gasteiger partial charge in [-0.2, -0.15) is 0 Å². The van der Waals surface area contributed by atoms with E-state index in [0.717, 1.165) is 0 Å². The molecule has 0 unspecified atom stereocenters. The third kappa shape index (κ3) is 6.52. The minimum atomic E-state index is 0.0815. The maximum Gasteiger partial charge on any atom is 0.0786 e. The Hall–Kier alpha value is -1.02. The normalized spacial score (nSPS) is 17.2. The van der Waals surface area contributed by atoms with E-state index in [1.807, 2.05) is 12.1 Å². The fourth-order valence-electron chi connectivity index (χ4n) is 2.82. The van der Waals surface area contributed by atoms with Crippen molar-refractivity contribution in [2.45, 2.75) is 58.8 Å². The molecular formula is C19H33NO. The van der Waals surface area contributed by atoms with Gasteiger partial charge in [-0.1, -0.05) is 58.4 Å². The van der Waals surface area contributed by atoms with Crippen LogP contribution in [0.4, 0.5) is 0 Å². The standard InChI is InChI=1S/C10H14O.C9H20N/c1-10(2,3)8-4-6-9(11)7-5-8;1-3-4-7-10(2)8-5-6-9-10/h4-7,11H,1-3H3;3-9H2,1-2H3/q;+1/p-1. The van der Waals surface area contributed by atoms with Crippen LogP contribution in [0.2, 0.25) is 0 Å². The van der Waals surface area contributed by atoms with E-state index < -0.39 is 0 Å². The maximum absolute atomic E-state index is 10.7. The lowest BCUT2D eigenvalue weighted by Gasteiger charge is -2.28. The first-order valence-electron chi connectivity index (χ1n) is 8.38. The lowest BCUT2D eigenvalue weighted by molar-refractivity contribution is -0.897. The Bertz CT molecular complexity index is 397. The molecule has 1 aromatic carbocycles. The molecule has 1 fully saturated rings. The van der Waals surface area contributed by atoms with E-state index >= 15 is 0 Å². The van der Waals surface area contributed by atoms with Crippen LogP contribution in [-0.2, 0) is 5.41 Å². The summed E-state index contributed by atoms with van der Waals surface area (Å²) in [6, 6.07) is 7.01. The highest BCUT2D eigenvalue weighted by Crippen LogP contribution is 2.22. The van der Waals surface area contributed by atoms with Gasteiger partial charge in [0.05, 0.1) is 26.7 Å². The van der Waals surface area contributed by atoms with Crippen molar-refractivity contribution in [2.75, 3.05) is 26.7 Å². The van der Waals surface area contributed by atoms with Crippen molar-refractivity contribution in [1.82, 2.24) is 0 Å². The van der Waals surface area contributed by atoms with Crippen molar-refractivity contribution in [3.63, 3.8) is 0 Å². The van der Waals surface area contributed by atoms with E-state index in [0.29, 0.717) is 0 Å². The SMILES string of the molecule is CC(C)(C)c1ccc([O-])cc1.CCCC[N+]1(C)CCCC1. The number of nitrogens with zero attached hydrogens (tertiary/aromatic N) is 1. The number of hydrogen-bond acceptors (Lipinski definition) is 1. The van der Waals surface area contributed by atoms with E-state index in [9.17, 15) is 5.11 Å². The average molecular weight is 291 g/mol. The van der Waals surface area contributed by atoms with Crippen LogP contribution in [-0.4, -0.2) is 31.2 Å². The van der Waals surface area contributed by atoms with Gasteiger partial charge in [-0.15, -0.1) is 5.75 Å². The molecule has 0 aliphatic carbocycles. The lowest BCUT2D eigenvalue weighted by atomic mass is 9.87. The van der Waals surface area contributed by atoms with Crippen LogP contribution >= 0.6 is 0 Å². The summed E-state index contributed by atoms with van der Waals surface area (Å²) in [4.78, 5) is 0. The molecule has 0 N–H and O–H groups in total. The Labute approximate surface area is 131 Å². The molecule has 1 saturated heterocycles. The quantitative estimate of drug-likeness (QED) is 0.769. The highest BCUT2D eigenvalue weighted by atomic mass is 16.3. The van der Waals surface area contributed by atoms with Crippen molar-refractivity contribution < 1.29 is 9.59 Å². The van der Waals surface area contributed by atoms with Gasteiger partial charge < -0.3 is 9.59 Å². The maximum atomic E-state index is 10.7. The smallest absolute Gasteiger partial charge is 0.0786 e. The molecule has 1 aliphatic heterocycles. The molecule has 0 atom stereocenters. The zero-order valence-corrected chi connectivity index (χ0v) is 14.6. The summed E-state index contributed by atoms with van der Waals surface area (Å²) >= 11 is 0. The Morgan fingerprint density at radius 1 is 1.05 bits per heavy atom. The Morgan fingerprint density at radius 2 is 1.57 bits per heavy atom. The minimum Gasteiger partial charge on any atom is -0.872 e. The Kier molecular flexibility index (Phi) is 6.73. The third-order valence-corrected chi connectivity index (χ3v) is 4.42. The van der Waals surface area contributed by atoms with Crippen molar-refractivity contribution in [3.05, 3.63) is 29.8 Å². The molecular weight excluding hydrogens is 258 g/mol. The summed E-state index contributed by atoms with van der Waals surface area (Å²) in [5, 5.41) is 10.7. The number of likely N-dealkylation sites (tertiary alicyclic amines) is 1. The second-order valence-electron chi connectivity index (χ2n) is 7.63. The van der Waals surface area contributed by atoms with Gasteiger partial charge in [0.2, 0.25) is 0 Å². The number of benzene rings is 1. The first kappa shape index (κ1) is 18.0. The van der Waals surface area contributed by atoms with Gasteiger partial charge >= 0.3 is 0 Å². The molecule has 1 aliphatic rings. The minimum absolute atomic E-state index is 0.0815. The lowest BCUT2D eigenvalue weighted by Crippen LogP contribution is -2.41. The summed E-state index contributed by atoms with van der Waals surface area (Å²) < 4.78 is 1.36. The fourth-order valence-corrected chi connectivity index (χ4v) is 2.82. The molecule has 1 aromatic rings. The molecule has 2 rings (SSSR count). The number of quaternary nitrogens is 1. The second-order valence-corrected chi connectivity index (χ2v) is 7.63. The van der Waals surface area contributed by atoms with Crippen molar-refractivity contribution in [3.8, 4) is 5.75 Å². The first-order valence-corrected chi connectivity index (χ1v) is 8.38. The zero-order chi connectivity index (χ0) is 15.9. The molecule has 0 amide bonds. The molecule has 2 heteroatoms. The van der Waals surface area contributed by atoms with Crippen LogP contribution in [0, 0.1) is 0 Å². The van der Waals surface area contributed by atoms with Crippen molar-refractivity contribution in [1.29, 1.82) is 0 Å². The molecule has 0 aromatic heterocycles. The largest absolute Gasteiger partial charge is 0.872 e. The number of unbranched alkanes of at least 4 members (excludes halogenated alkanes) is 1.